The number of rotatable bonds is 8. The van der Waals surface area contributed by atoms with Crippen molar-refractivity contribution in [3.05, 3.63) is 111 Å². The Balaban J connectivity index is 1.21. The van der Waals surface area contributed by atoms with E-state index in [0.29, 0.717) is 60.7 Å². The largest absolute Gasteiger partial charge is 0.496 e. The highest BCUT2D eigenvalue weighted by molar-refractivity contribution is 7.23. The number of ether oxygens (including phenoxy) is 2. The summed E-state index contributed by atoms with van der Waals surface area (Å²) in [4.78, 5) is 39.1. The fourth-order valence-electron chi connectivity index (χ4n) is 7.56. The highest BCUT2D eigenvalue weighted by Crippen LogP contribution is 2.49. The maximum absolute atomic E-state index is 14.3. The van der Waals surface area contributed by atoms with Crippen molar-refractivity contribution >= 4 is 33.1 Å². The number of nitrogens with zero attached hydrogens (tertiary/aromatic N) is 4. The fourth-order valence-corrected chi connectivity index (χ4v) is 8.72. The number of aromatic amines is 1. The molecule has 3 aliphatic rings. The Kier molecular flexibility index (Phi) is 7.46. The van der Waals surface area contributed by atoms with Gasteiger partial charge in [0.25, 0.3) is 11.8 Å². The number of carbonyl (C=O) groups is 1. The van der Waals surface area contributed by atoms with Crippen LogP contribution in [0, 0.1) is 5.82 Å². The van der Waals surface area contributed by atoms with E-state index in [-0.39, 0.29) is 29.7 Å². The molecule has 1 unspecified atom stereocenters. The number of benzene rings is 2. The van der Waals surface area contributed by atoms with Gasteiger partial charge in [-0.25, -0.2) is 19.3 Å². The van der Waals surface area contributed by atoms with Crippen LogP contribution in [0.2, 0.25) is 0 Å². The van der Waals surface area contributed by atoms with E-state index in [9.17, 15) is 14.0 Å². The molecular weight excluding hydrogens is 660 g/mol. The highest BCUT2D eigenvalue weighted by atomic mass is 32.1. The SMILES string of the molecule is COc1cccc2c1CC[C@@H]2Nc1nccc2cc(-c3c4c(nc(CCc5ccc(F)cc5)c3-c3n[nH]c(=O)o3)C3COCCN3C4=O)sc12. The zero-order valence-electron chi connectivity index (χ0n) is 27.0. The molecular formula is C37H31FN6O5S. The van der Waals surface area contributed by atoms with Crippen LogP contribution >= 0.6 is 11.3 Å². The lowest BCUT2D eigenvalue weighted by atomic mass is 9.93. The van der Waals surface area contributed by atoms with Gasteiger partial charge in [-0.2, -0.15) is 0 Å². The lowest BCUT2D eigenvalue weighted by Crippen LogP contribution is -2.38. The first-order valence-corrected chi connectivity index (χ1v) is 17.4. The summed E-state index contributed by atoms with van der Waals surface area (Å²) in [5, 5.41) is 11.3. The molecule has 6 aromatic rings. The molecule has 13 heteroatoms. The van der Waals surface area contributed by atoms with Crippen LogP contribution in [0.3, 0.4) is 0 Å². The van der Waals surface area contributed by atoms with Crippen LogP contribution in [0.5, 0.6) is 5.75 Å². The number of aryl methyl sites for hydroxylation is 2. The number of halogens is 1. The maximum Gasteiger partial charge on any atom is 0.434 e. The minimum atomic E-state index is -0.714. The molecule has 11 nitrogen and oxygen atoms in total. The van der Waals surface area contributed by atoms with Crippen LogP contribution in [-0.4, -0.2) is 57.8 Å². The topological polar surface area (TPSA) is 135 Å². The summed E-state index contributed by atoms with van der Waals surface area (Å²) < 4.78 is 31.7. The molecule has 0 radical (unpaired) electrons. The quantitative estimate of drug-likeness (QED) is 0.190. The van der Waals surface area contributed by atoms with Gasteiger partial charge in [0.05, 0.1) is 59.6 Å². The van der Waals surface area contributed by atoms with Crippen LogP contribution in [0.25, 0.3) is 32.0 Å². The summed E-state index contributed by atoms with van der Waals surface area (Å²) in [5.41, 5.74) is 6.10. The average Bonchev–Trinajstić information content (AvgIpc) is 3.93. The van der Waals surface area contributed by atoms with Crippen molar-refractivity contribution in [2.24, 2.45) is 0 Å². The summed E-state index contributed by atoms with van der Waals surface area (Å²) >= 11 is 1.51. The fraction of sp³-hybridized carbons (Fsp3) is 0.270. The highest BCUT2D eigenvalue weighted by Gasteiger charge is 2.44. The number of carbonyl (C=O) groups excluding carboxylic acids is 1. The number of morpholine rings is 1. The molecule has 252 valence electrons. The van der Waals surface area contributed by atoms with E-state index >= 15 is 0 Å². The van der Waals surface area contributed by atoms with Crippen molar-refractivity contribution in [2.75, 3.05) is 32.2 Å². The second-order valence-corrected chi connectivity index (χ2v) is 13.7. The third-order valence-corrected chi connectivity index (χ3v) is 11.0. The number of aromatic nitrogens is 4. The molecule has 2 aromatic carbocycles. The second-order valence-electron chi connectivity index (χ2n) is 12.7. The van der Waals surface area contributed by atoms with Crippen molar-refractivity contribution in [1.29, 1.82) is 0 Å². The normalized spacial score (nSPS) is 18.0. The van der Waals surface area contributed by atoms with Gasteiger partial charge in [-0.05, 0) is 78.1 Å². The number of anilines is 1. The van der Waals surface area contributed by atoms with Crippen LogP contribution < -0.4 is 15.8 Å². The Labute approximate surface area is 289 Å². The van der Waals surface area contributed by atoms with Gasteiger partial charge in [-0.1, -0.05) is 24.3 Å². The summed E-state index contributed by atoms with van der Waals surface area (Å²) in [6.45, 7) is 1.20. The van der Waals surface area contributed by atoms with Crippen LogP contribution in [0.15, 0.2) is 70.0 Å². The smallest absolute Gasteiger partial charge is 0.434 e. The lowest BCUT2D eigenvalue weighted by Gasteiger charge is -2.29. The van der Waals surface area contributed by atoms with E-state index < -0.39 is 5.76 Å². The molecule has 50 heavy (non-hydrogen) atoms. The van der Waals surface area contributed by atoms with Gasteiger partial charge in [0.2, 0.25) is 0 Å². The molecule has 2 aliphatic heterocycles. The maximum atomic E-state index is 14.3. The third-order valence-electron chi connectivity index (χ3n) is 9.87. The molecule has 2 atom stereocenters. The van der Waals surface area contributed by atoms with Gasteiger partial charge in [-0.3, -0.25) is 9.78 Å². The number of thiophene rings is 1. The predicted octanol–water partition coefficient (Wildman–Crippen LogP) is 6.26. The summed E-state index contributed by atoms with van der Waals surface area (Å²) in [5.74, 6) is 0.507. The zero-order chi connectivity index (χ0) is 33.9. The molecule has 4 aromatic heterocycles. The Morgan fingerprint density at radius 2 is 1.98 bits per heavy atom. The minimum Gasteiger partial charge on any atom is -0.496 e. The molecule has 1 amide bonds. The van der Waals surface area contributed by atoms with Gasteiger partial charge in [-0.15, -0.1) is 16.4 Å². The molecule has 2 N–H and O–H groups in total. The number of H-pyrrole nitrogens is 1. The number of hydrogen-bond donors (Lipinski definition) is 2. The van der Waals surface area contributed by atoms with Gasteiger partial charge in [0, 0.05) is 23.2 Å². The first-order valence-electron chi connectivity index (χ1n) is 16.5. The van der Waals surface area contributed by atoms with E-state index in [1.165, 1.54) is 34.6 Å². The predicted molar refractivity (Wildman–Crippen MR) is 185 cm³/mol. The molecule has 1 saturated heterocycles. The van der Waals surface area contributed by atoms with Gasteiger partial charge in [0.15, 0.2) is 0 Å². The van der Waals surface area contributed by atoms with Crippen LogP contribution in [0.1, 0.15) is 56.9 Å². The number of methoxy groups -OCH3 is 1. The Morgan fingerprint density at radius 1 is 1.10 bits per heavy atom. The molecule has 0 bridgehead atoms. The first-order chi connectivity index (χ1) is 24.5. The molecule has 1 aliphatic carbocycles. The van der Waals surface area contributed by atoms with Crippen molar-refractivity contribution in [2.45, 2.75) is 37.8 Å². The Morgan fingerprint density at radius 3 is 2.80 bits per heavy atom. The van der Waals surface area contributed by atoms with Crippen molar-refractivity contribution in [1.82, 2.24) is 25.1 Å². The van der Waals surface area contributed by atoms with Crippen LogP contribution in [0.4, 0.5) is 10.2 Å². The number of hydrogen-bond acceptors (Lipinski definition) is 10. The number of amides is 1. The Bertz CT molecular complexity index is 2350. The van der Waals surface area contributed by atoms with E-state index in [4.69, 9.17) is 23.9 Å². The Hall–Kier alpha value is -5.40. The number of pyridine rings is 2. The van der Waals surface area contributed by atoms with Crippen molar-refractivity contribution < 1.29 is 23.1 Å². The zero-order valence-corrected chi connectivity index (χ0v) is 27.8. The summed E-state index contributed by atoms with van der Waals surface area (Å²) in [6.07, 6.45) is 4.53. The lowest BCUT2D eigenvalue weighted by molar-refractivity contribution is 0.00352. The monoisotopic (exact) mass is 690 g/mol. The number of fused-ring (bicyclic) bond motifs is 5. The van der Waals surface area contributed by atoms with E-state index in [0.717, 1.165) is 44.9 Å². The number of nitrogens with one attached hydrogen (secondary N) is 2. The molecule has 1 fully saturated rings. The second kappa shape index (κ2) is 12.2. The molecule has 6 heterocycles. The molecule has 0 spiro atoms. The summed E-state index contributed by atoms with van der Waals surface area (Å²) in [6, 6.07) is 16.2. The molecule has 0 saturated carbocycles. The minimum absolute atomic E-state index is 0.0498. The third kappa shape index (κ3) is 5.07. The van der Waals surface area contributed by atoms with E-state index in [1.54, 1.807) is 25.4 Å². The van der Waals surface area contributed by atoms with Gasteiger partial charge in [0.1, 0.15) is 17.4 Å². The van der Waals surface area contributed by atoms with Gasteiger partial charge >= 0.3 is 5.76 Å². The summed E-state index contributed by atoms with van der Waals surface area (Å²) in [7, 11) is 1.70. The van der Waals surface area contributed by atoms with Crippen molar-refractivity contribution in [3.63, 3.8) is 0 Å². The van der Waals surface area contributed by atoms with Crippen LogP contribution in [-0.2, 0) is 24.0 Å². The van der Waals surface area contributed by atoms with Gasteiger partial charge < -0.3 is 24.1 Å². The first kappa shape index (κ1) is 30.6. The van der Waals surface area contributed by atoms with E-state index in [2.05, 4.69) is 21.6 Å². The average molecular weight is 691 g/mol. The van der Waals surface area contributed by atoms with Crippen molar-refractivity contribution in [3.8, 4) is 27.6 Å². The molecule has 9 rings (SSSR count). The standard InChI is InChI=1S/C37H31FN6O5S/c1-47-27-4-2-3-22-23(27)10-12-24(22)41-34-33-20(13-14-39-34)17-28(50-33)30-29(35-42-43-37(46)49-35)25(11-7-19-5-8-21(38)9-6-19)40-32-26-18-48-16-15-44(26)36(45)31(30)32/h2-6,8-9,13-14,17,24,26H,7,10-12,15-16,18H2,1H3,(H,39,41)(H,43,46)/t24-,26?/m0/s1. The van der Waals surface area contributed by atoms with E-state index in [1.807, 2.05) is 29.2 Å².